The molecule has 0 unspecified atom stereocenters. The number of carbonyl (C=O) groups excluding carboxylic acids is 1. The van der Waals surface area contributed by atoms with Gasteiger partial charge < -0.3 is 4.74 Å². The van der Waals surface area contributed by atoms with Crippen molar-refractivity contribution in [3.63, 3.8) is 0 Å². The van der Waals surface area contributed by atoms with Crippen LogP contribution in [0.5, 0.6) is 5.88 Å². The Labute approximate surface area is 120 Å². The second-order valence-corrected chi connectivity index (χ2v) is 5.14. The van der Waals surface area contributed by atoms with Crippen molar-refractivity contribution in [3.8, 4) is 5.88 Å². The number of Topliss-reactive ketones (excluding diaryl/α,β-unsaturated/α-hetero) is 1. The first-order chi connectivity index (χ1) is 9.17. The van der Waals surface area contributed by atoms with Crippen LogP contribution >= 0.6 is 15.9 Å². The number of benzene rings is 1. The van der Waals surface area contributed by atoms with Crippen molar-refractivity contribution in [1.29, 1.82) is 0 Å². The molecule has 1 aromatic heterocycles. The van der Waals surface area contributed by atoms with E-state index < -0.39 is 0 Å². The molecule has 0 atom stereocenters. The molecule has 0 saturated carbocycles. The van der Waals surface area contributed by atoms with E-state index in [9.17, 15) is 4.79 Å². The predicted molar refractivity (Wildman–Crippen MR) is 77.3 cm³/mol. The lowest BCUT2D eigenvalue weighted by molar-refractivity contribution is -0.117. The Morgan fingerprint density at radius 3 is 2.32 bits per heavy atom. The van der Waals surface area contributed by atoms with Crippen molar-refractivity contribution in [2.45, 2.75) is 12.8 Å². The van der Waals surface area contributed by atoms with Crippen LogP contribution in [0, 0.1) is 0 Å². The summed E-state index contributed by atoms with van der Waals surface area (Å²) in [7, 11) is 1.57. The maximum absolute atomic E-state index is 12.0. The zero-order chi connectivity index (χ0) is 13.7. The molecule has 1 aromatic carbocycles. The van der Waals surface area contributed by atoms with Crippen molar-refractivity contribution in [2.24, 2.45) is 0 Å². The number of halogens is 1. The largest absolute Gasteiger partial charge is 0.481 e. The maximum atomic E-state index is 12.0. The minimum absolute atomic E-state index is 0.175. The Kier molecular flexibility index (Phi) is 4.68. The van der Waals surface area contributed by atoms with Crippen LogP contribution < -0.4 is 4.74 Å². The molecule has 19 heavy (non-hydrogen) atoms. The van der Waals surface area contributed by atoms with Crippen LogP contribution in [0.2, 0.25) is 0 Å². The third-order valence-corrected chi connectivity index (χ3v) is 3.25. The number of nitrogens with zero attached hydrogens (tertiary/aromatic N) is 1. The van der Waals surface area contributed by atoms with E-state index in [1.54, 1.807) is 19.4 Å². The molecule has 0 spiro atoms. The van der Waals surface area contributed by atoms with Gasteiger partial charge in [0.25, 0.3) is 0 Å². The fraction of sp³-hybridized carbons (Fsp3) is 0.200. The van der Waals surface area contributed by atoms with Crippen molar-refractivity contribution >= 4 is 21.7 Å². The van der Waals surface area contributed by atoms with E-state index >= 15 is 0 Å². The molecule has 2 aromatic rings. The average molecular weight is 320 g/mol. The number of ketones is 1. The van der Waals surface area contributed by atoms with E-state index in [1.165, 1.54) is 0 Å². The van der Waals surface area contributed by atoms with Gasteiger partial charge in [0.2, 0.25) is 5.88 Å². The van der Waals surface area contributed by atoms with E-state index in [1.807, 2.05) is 30.3 Å². The van der Waals surface area contributed by atoms with Crippen LogP contribution in [-0.4, -0.2) is 17.9 Å². The molecule has 0 aliphatic rings. The lowest BCUT2D eigenvalue weighted by Gasteiger charge is -2.03. The molecule has 0 radical (unpaired) electrons. The predicted octanol–water partition coefficient (Wildman–Crippen LogP) is 3.21. The third kappa shape index (κ3) is 4.17. The highest BCUT2D eigenvalue weighted by molar-refractivity contribution is 9.10. The summed E-state index contributed by atoms with van der Waals surface area (Å²) in [4.78, 5) is 16.0. The molecule has 0 amide bonds. The molecule has 0 N–H and O–H groups in total. The summed E-state index contributed by atoms with van der Waals surface area (Å²) in [5.74, 6) is 0.735. The van der Waals surface area contributed by atoms with Gasteiger partial charge >= 0.3 is 0 Å². The number of carbonyl (C=O) groups is 1. The van der Waals surface area contributed by atoms with E-state index in [4.69, 9.17) is 4.74 Å². The Balaban J connectivity index is 1.95. The monoisotopic (exact) mass is 319 g/mol. The van der Waals surface area contributed by atoms with E-state index in [0.717, 1.165) is 15.6 Å². The Hall–Kier alpha value is -1.68. The number of hydrogen-bond acceptors (Lipinski definition) is 3. The van der Waals surface area contributed by atoms with Crippen LogP contribution in [0.3, 0.4) is 0 Å². The average Bonchev–Trinajstić information content (AvgIpc) is 2.42. The SMILES string of the molecule is COc1ccc(CC(=O)Cc2ccc(Br)cc2)cn1. The highest BCUT2D eigenvalue weighted by Gasteiger charge is 2.06. The lowest BCUT2D eigenvalue weighted by atomic mass is 10.0. The summed E-state index contributed by atoms with van der Waals surface area (Å²) < 4.78 is 6.00. The number of ether oxygens (including phenoxy) is 1. The summed E-state index contributed by atoms with van der Waals surface area (Å²) >= 11 is 3.37. The first-order valence-corrected chi connectivity index (χ1v) is 6.72. The standard InChI is InChI=1S/C15H14BrNO2/c1-19-15-7-4-12(10-17-15)9-14(18)8-11-2-5-13(16)6-3-11/h2-7,10H,8-9H2,1H3. The summed E-state index contributed by atoms with van der Waals surface area (Å²) in [6.07, 6.45) is 2.52. The molecule has 4 heteroatoms. The van der Waals surface area contributed by atoms with E-state index in [-0.39, 0.29) is 5.78 Å². The van der Waals surface area contributed by atoms with E-state index in [0.29, 0.717) is 18.7 Å². The van der Waals surface area contributed by atoms with Gasteiger partial charge in [-0.2, -0.15) is 0 Å². The Morgan fingerprint density at radius 1 is 1.11 bits per heavy atom. The van der Waals surface area contributed by atoms with Crippen LogP contribution in [0.4, 0.5) is 0 Å². The molecule has 98 valence electrons. The molecule has 0 bridgehead atoms. The molecule has 0 aliphatic carbocycles. The number of rotatable bonds is 5. The molecule has 3 nitrogen and oxygen atoms in total. The second-order valence-electron chi connectivity index (χ2n) is 4.23. The van der Waals surface area contributed by atoms with Crippen LogP contribution in [-0.2, 0) is 17.6 Å². The van der Waals surface area contributed by atoms with Gasteiger partial charge in [-0.3, -0.25) is 4.79 Å². The summed E-state index contributed by atoms with van der Waals surface area (Å²) in [5, 5.41) is 0. The topological polar surface area (TPSA) is 39.2 Å². The minimum Gasteiger partial charge on any atom is -0.481 e. The van der Waals surface area contributed by atoms with Crippen LogP contribution in [0.15, 0.2) is 47.1 Å². The van der Waals surface area contributed by atoms with Gasteiger partial charge in [0.1, 0.15) is 5.78 Å². The van der Waals surface area contributed by atoms with Gasteiger partial charge in [-0.1, -0.05) is 34.1 Å². The molecule has 0 fully saturated rings. The van der Waals surface area contributed by atoms with Gasteiger partial charge in [0.15, 0.2) is 0 Å². The molecule has 0 aliphatic heterocycles. The molecular formula is C15H14BrNO2. The molecular weight excluding hydrogens is 306 g/mol. The van der Waals surface area contributed by atoms with Crippen LogP contribution in [0.1, 0.15) is 11.1 Å². The van der Waals surface area contributed by atoms with Gasteiger partial charge in [-0.25, -0.2) is 4.98 Å². The summed E-state index contributed by atoms with van der Waals surface area (Å²) in [6.45, 7) is 0. The number of hydrogen-bond donors (Lipinski definition) is 0. The van der Waals surface area contributed by atoms with Crippen molar-refractivity contribution in [2.75, 3.05) is 7.11 Å². The Morgan fingerprint density at radius 2 is 1.74 bits per heavy atom. The number of methoxy groups -OCH3 is 1. The molecule has 0 saturated heterocycles. The first-order valence-electron chi connectivity index (χ1n) is 5.92. The lowest BCUT2D eigenvalue weighted by Crippen LogP contribution is -2.06. The Bertz CT molecular complexity index is 549. The highest BCUT2D eigenvalue weighted by atomic mass is 79.9. The van der Waals surface area contributed by atoms with E-state index in [2.05, 4.69) is 20.9 Å². The van der Waals surface area contributed by atoms with Crippen molar-refractivity contribution in [1.82, 2.24) is 4.98 Å². The zero-order valence-electron chi connectivity index (χ0n) is 10.6. The first kappa shape index (κ1) is 13.7. The molecule has 1 heterocycles. The van der Waals surface area contributed by atoms with Gasteiger partial charge in [-0.05, 0) is 23.3 Å². The van der Waals surface area contributed by atoms with Crippen LogP contribution in [0.25, 0.3) is 0 Å². The summed E-state index contributed by atoms with van der Waals surface area (Å²) in [5.41, 5.74) is 1.93. The highest BCUT2D eigenvalue weighted by Crippen LogP contribution is 2.12. The van der Waals surface area contributed by atoms with Crippen molar-refractivity contribution < 1.29 is 9.53 Å². The smallest absolute Gasteiger partial charge is 0.212 e. The second kappa shape index (κ2) is 6.48. The fourth-order valence-electron chi connectivity index (χ4n) is 1.76. The van der Waals surface area contributed by atoms with Crippen molar-refractivity contribution in [3.05, 3.63) is 58.2 Å². The maximum Gasteiger partial charge on any atom is 0.212 e. The van der Waals surface area contributed by atoms with Gasteiger partial charge in [0.05, 0.1) is 7.11 Å². The quantitative estimate of drug-likeness (QED) is 0.849. The zero-order valence-corrected chi connectivity index (χ0v) is 12.2. The molecule has 2 rings (SSSR count). The van der Waals surface area contributed by atoms with Gasteiger partial charge in [0, 0.05) is 29.6 Å². The minimum atomic E-state index is 0.175. The third-order valence-electron chi connectivity index (χ3n) is 2.72. The van der Waals surface area contributed by atoms with Gasteiger partial charge in [-0.15, -0.1) is 0 Å². The number of aromatic nitrogens is 1. The normalized spacial score (nSPS) is 10.2. The number of pyridine rings is 1. The fourth-order valence-corrected chi connectivity index (χ4v) is 2.02. The summed E-state index contributed by atoms with van der Waals surface area (Å²) in [6, 6.07) is 11.4.